The van der Waals surface area contributed by atoms with Crippen LogP contribution in [0.4, 0.5) is 0 Å². The van der Waals surface area contributed by atoms with Crippen LogP contribution in [0.2, 0.25) is 0 Å². The molecule has 0 saturated carbocycles. The van der Waals surface area contributed by atoms with Crippen molar-refractivity contribution in [2.24, 2.45) is 0 Å². The first kappa shape index (κ1) is 11.2. The van der Waals surface area contributed by atoms with Gasteiger partial charge in [0.15, 0.2) is 0 Å². The number of esters is 2. The van der Waals surface area contributed by atoms with Crippen molar-refractivity contribution in [2.45, 2.75) is 13.8 Å². The molecule has 0 saturated heterocycles. The molecule has 4 heteroatoms. The predicted octanol–water partition coefficient (Wildman–Crippen LogP) is 1.79. The molecule has 80 valence electrons. The Bertz CT molecular complexity index is 371. The van der Waals surface area contributed by atoms with Crippen LogP contribution in [0, 0.1) is 0 Å². The molecule has 0 radical (unpaired) electrons. The highest BCUT2D eigenvalue weighted by molar-refractivity contribution is 5.90. The minimum atomic E-state index is -0.425. The van der Waals surface area contributed by atoms with Gasteiger partial charge in [-0.05, 0) is 25.1 Å². The summed E-state index contributed by atoms with van der Waals surface area (Å²) in [6.45, 7) is 3.35. The normalized spacial score (nSPS) is 9.47. The molecule has 0 aromatic heterocycles. The number of hydrogen-bond donors (Lipinski definition) is 0. The van der Waals surface area contributed by atoms with Gasteiger partial charge in [0.05, 0.1) is 12.2 Å². The van der Waals surface area contributed by atoms with Gasteiger partial charge in [-0.3, -0.25) is 4.79 Å². The highest BCUT2D eigenvalue weighted by atomic mass is 16.5. The first-order valence-electron chi connectivity index (χ1n) is 4.59. The van der Waals surface area contributed by atoms with Crippen molar-refractivity contribution in [2.75, 3.05) is 6.61 Å². The van der Waals surface area contributed by atoms with Gasteiger partial charge in [-0.25, -0.2) is 4.79 Å². The lowest BCUT2D eigenvalue weighted by Crippen LogP contribution is -2.06. The Hall–Kier alpha value is -1.84. The van der Waals surface area contributed by atoms with Crippen molar-refractivity contribution < 1.29 is 19.1 Å². The lowest BCUT2D eigenvalue weighted by Gasteiger charge is -2.04. The van der Waals surface area contributed by atoms with Crippen LogP contribution in [-0.2, 0) is 9.53 Å². The Morgan fingerprint density at radius 1 is 1.33 bits per heavy atom. The molecule has 0 aliphatic heterocycles. The van der Waals surface area contributed by atoms with Gasteiger partial charge in [-0.1, -0.05) is 6.07 Å². The van der Waals surface area contributed by atoms with Crippen LogP contribution in [0.25, 0.3) is 0 Å². The van der Waals surface area contributed by atoms with Crippen LogP contribution in [0.1, 0.15) is 24.2 Å². The molecule has 0 aliphatic rings. The molecule has 0 amide bonds. The minimum absolute atomic E-state index is 0.316. The van der Waals surface area contributed by atoms with E-state index in [0.717, 1.165) is 0 Å². The summed E-state index contributed by atoms with van der Waals surface area (Å²) in [7, 11) is 0. The second-order valence-corrected chi connectivity index (χ2v) is 2.84. The summed E-state index contributed by atoms with van der Waals surface area (Å²) >= 11 is 0. The Kier molecular flexibility index (Phi) is 3.85. The van der Waals surface area contributed by atoms with Gasteiger partial charge in [0.25, 0.3) is 0 Å². The average molecular weight is 208 g/mol. The third-order valence-electron chi connectivity index (χ3n) is 1.61. The zero-order valence-electron chi connectivity index (χ0n) is 8.65. The van der Waals surface area contributed by atoms with E-state index in [1.807, 2.05) is 0 Å². The van der Waals surface area contributed by atoms with Crippen LogP contribution in [0.5, 0.6) is 5.75 Å². The van der Waals surface area contributed by atoms with E-state index in [-0.39, 0.29) is 0 Å². The monoisotopic (exact) mass is 208 g/mol. The minimum Gasteiger partial charge on any atom is -0.462 e. The molecule has 0 aliphatic carbocycles. The highest BCUT2D eigenvalue weighted by Crippen LogP contribution is 2.14. The fraction of sp³-hybridized carbons (Fsp3) is 0.273. The van der Waals surface area contributed by atoms with Crippen LogP contribution in [-0.4, -0.2) is 18.5 Å². The summed E-state index contributed by atoms with van der Waals surface area (Å²) in [6, 6.07) is 6.30. The van der Waals surface area contributed by atoms with Gasteiger partial charge >= 0.3 is 11.9 Å². The summed E-state index contributed by atoms with van der Waals surface area (Å²) < 4.78 is 9.64. The molecule has 0 heterocycles. The van der Waals surface area contributed by atoms with Crippen LogP contribution in [0.15, 0.2) is 24.3 Å². The van der Waals surface area contributed by atoms with Crippen molar-refractivity contribution in [3.63, 3.8) is 0 Å². The summed E-state index contributed by atoms with van der Waals surface area (Å²) in [5.74, 6) is -0.504. The van der Waals surface area contributed by atoms with Crippen LogP contribution >= 0.6 is 0 Å². The van der Waals surface area contributed by atoms with E-state index in [2.05, 4.69) is 0 Å². The zero-order valence-corrected chi connectivity index (χ0v) is 8.65. The first-order chi connectivity index (χ1) is 7.13. The van der Waals surface area contributed by atoms with Crippen molar-refractivity contribution in [3.8, 4) is 5.75 Å². The van der Waals surface area contributed by atoms with Gasteiger partial charge < -0.3 is 9.47 Å². The van der Waals surface area contributed by atoms with E-state index in [1.165, 1.54) is 13.0 Å². The molecule has 0 bridgehead atoms. The molecule has 0 unspecified atom stereocenters. The standard InChI is InChI=1S/C11H12O4/c1-3-14-11(13)9-5-4-6-10(7-9)15-8(2)12/h4-7H,3H2,1-2H3. The fourth-order valence-corrected chi connectivity index (χ4v) is 1.07. The molecule has 0 N–H and O–H groups in total. The molecule has 4 nitrogen and oxygen atoms in total. The van der Waals surface area contributed by atoms with Gasteiger partial charge in [0.1, 0.15) is 5.75 Å². The predicted molar refractivity (Wildman–Crippen MR) is 53.7 cm³/mol. The van der Waals surface area contributed by atoms with E-state index in [4.69, 9.17) is 9.47 Å². The molecule has 1 aromatic carbocycles. The number of hydrogen-bond acceptors (Lipinski definition) is 4. The number of benzene rings is 1. The zero-order chi connectivity index (χ0) is 11.3. The lowest BCUT2D eigenvalue weighted by atomic mass is 10.2. The number of carbonyl (C=O) groups is 2. The summed E-state index contributed by atoms with van der Waals surface area (Å²) in [6.07, 6.45) is 0. The molecule has 1 rings (SSSR count). The molecule has 0 atom stereocenters. The smallest absolute Gasteiger partial charge is 0.338 e. The van der Waals surface area contributed by atoms with E-state index >= 15 is 0 Å². The van der Waals surface area contributed by atoms with Crippen LogP contribution in [0.3, 0.4) is 0 Å². The van der Waals surface area contributed by atoms with Crippen molar-refractivity contribution in [3.05, 3.63) is 29.8 Å². The molecular weight excluding hydrogens is 196 g/mol. The van der Waals surface area contributed by atoms with Gasteiger partial charge in [-0.2, -0.15) is 0 Å². The maximum Gasteiger partial charge on any atom is 0.338 e. The molecule has 0 spiro atoms. The third-order valence-corrected chi connectivity index (χ3v) is 1.61. The van der Waals surface area contributed by atoms with Gasteiger partial charge in [0, 0.05) is 6.92 Å². The number of ether oxygens (including phenoxy) is 2. The van der Waals surface area contributed by atoms with Gasteiger partial charge in [-0.15, -0.1) is 0 Å². The molecular formula is C11H12O4. The highest BCUT2D eigenvalue weighted by Gasteiger charge is 2.07. The Labute approximate surface area is 87.8 Å². The first-order valence-corrected chi connectivity index (χ1v) is 4.59. The summed E-state index contributed by atoms with van der Waals surface area (Å²) in [5, 5.41) is 0. The Morgan fingerprint density at radius 3 is 2.67 bits per heavy atom. The molecule has 1 aromatic rings. The third kappa shape index (κ3) is 3.42. The maximum absolute atomic E-state index is 11.3. The van der Waals surface area contributed by atoms with Gasteiger partial charge in [0.2, 0.25) is 0 Å². The number of carbonyl (C=O) groups excluding carboxylic acids is 2. The SMILES string of the molecule is CCOC(=O)c1cccc(OC(C)=O)c1. The summed E-state index contributed by atoms with van der Waals surface area (Å²) in [5.41, 5.74) is 0.371. The Balaban J connectivity index is 2.82. The lowest BCUT2D eigenvalue weighted by molar-refractivity contribution is -0.131. The number of rotatable bonds is 3. The molecule has 0 fully saturated rings. The van der Waals surface area contributed by atoms with Crippen LogP contribution < -0.4 is 4.74 Å². The largest absolute Gasteiger partial charge is 0.462 e. The van der Waals surface area contributed by atoms with Crippen molar-refractivity contribution in [1.29, 1.82) is 0 Å². The van der Waals surface area contributed by atoms with E-state index in [9.17, 15) is 9.59 Å². The maximum atomic E-state index is 11.3. The van der Waals surface area contributed by atoms with E-state index < -0.39 is 11.9 Å². The quantitative estimate of drug-likeness (QED) is 0.561. The summed E-state index contributed by atoms with van der Waals surface area (Å²) in [4.78, 5) is 22.0. The second kappa shape index (κ2) is 5.14. The molecule has 15 heavy (non-hydrogen) atoms. The fourth-order valence-electron chi connectivity index (χ4n) is 1.07. The van der Waals surface area contributed by atoms with E-state index in [0.29, 0.717) is 17.9 Å². The van der Waals surface area contributed by atoms with Crippen molar-refractivity contribution in [1.82, 2.24) is 0 Å². The Morgan fingerprint density at radius 2 is 2.07 bits per heavy atom. The topological polar surface area (TPSA) is 52.6 Å². The second-order valence-electron chi connectivity index (χ2n) is 2.84. The van der Waals surface area contributed by atoms with Crippen molar-refractivity contribution >= 4 is 11.9 Å². The van der Waals surface area contributed by atoms with E-state index in [1.54, 1.807) is 25.1 Å². The average Bonchev–Trinajstić information content (AvgIpc) is 2.17.